The first kappa shape index (κ1) is 22.9. The molecule has 1 amide bonds. The summed E-state index contributed by atoms with van der Waals surface area (Å²) in [6.45, 7) is 0.989. The topological polar surface area (TPSA) is 82.1 Å². The zero-order valence-corrected chi connectivity index (χ0v) is 21.3. The van der Waals surface area contributed by atoms with Crippen LogP contribution in [-0.2, 0) is 19.0 Å². The third-order valence-electron chi connectivity index (χ3n) is 6.86. The van der Waals surface area contributed by atoms with Crippen LogP contribution in [0, 0.1) is 6.92 Å². The van der Waals surface area contributed by atoms with Crippen LogP contribution in [0.25, 0.3) is 11.1 Å². The third-order valence-corrected chi connectivity index (χ3v) is 7.84. The van der Waals surface area contributed by atoms with Crippen molar-refractivity contribution in [3.8, 4) is 16.9 Å². The van der Waals surface area contributed by atoms with Gasteiger partial charge in [-0.25, -0.2) is 4.79 Å². The van der Waals surface area contributed by atoms with E-state index in [1.165, 1.54) is 25.1 Å². The Balaban J connectivity index is 1.46. The predicted molar refractivity (Wildman–Crippen MR) is 136 cm³/mol. The second-order valence-electron chi connectivity index (χ2n) is 9.02. The molecule has 0 saturated heterocycles. The number of carbonyl (C=O) groups excluding carboxylic acids is 1. The number of benzene rings is 3. The van der Waals surface area contributed by atoms with E-state index in [4.69, 9.17) is 13.6 Å². The van der Waals surface area contributed by atoms with E-state index < -0.39 is 40.6 Å². The van der Waals surface area contributed by atoms with Crippen LogP contribution in [0.15, 0.2) is 78.6 Å². The maximum absolute atomic E-state index is 13.5. The minimum atomic E-state index is -6.08. The molecule has 0 unspecified atom stereocenters. The first-order chi connectivity index (χ1) is 19.7. The molecule has 0 spiro atoms. The highest BCUT2D eigenvalue weighted by Crippen LogP contribution is 2.45. The number of hydrogen-bond donors (Lipinski definition) is 0. The Morgan fingerprint density at radius 2 is 1.62 bits per heavy atom. The molecule has 0 saturated carbocycles. The normalized spacial score (nSPS) is 18.4. The molecule has 0 N–H and O–H groups in total. The lowest BCUT2D eigenvalue weighted by Crippen LogP contribution is -2.35. The van der Waals surface area contributed by atoms with E-state index in [2.05, 4.69) is 4.18 Å². The first-order valence-electron chi connectivity index (χ1n) is 13.3. The van der Waals surface area contributed by atoms with Crippen molar-refractivity contribution in [3.63, 3.8) is 0 Å². The van der Waals surface area contributed by atoms with Crippen molar-refractivity contribution in [1.82, 2.24) is 4.90 Å². The van der Waals surface area contributed by atoms with Gasteiger partial charge in [-0.15, -0.1) is 0 Å². The van der Waals surface area contributed by atoms with Crippen molar-refractivity contribution in [2.45, 2.75) is 24.4 Å². The SMILES string of the molecule is [2H]C([2H])([2H])Oc1cccc([C@@H]2C(OS(=O)(=O)C(F)(F)F)=CCN2C(=O)OCC2c3ccccc3-c3ccccc32)c1C. The third kappa shape index (κ3) is 4.71. The van der Waals surface area contributed by atoms with Crippen molar-refractivity contribution >= 4 is 16.2 Å². The standard InChI is InChI=1S/C28H24F3NO6S/c1-17-18(12-7-13-24(17)36-2)26-25(38-39(34,35)28(29,30)31)14-15-32(26)27(33)37-16-23-21-10-5-3-8-19(21)20-9-4-6-11-22(20)23/h3-14,23,26H,15-16H2,1-2H3/t26-/m1/s1/i2D3. The summed E-state index contributed by atoms with van der Waals surface area (Å²) in [7, 11) is -8.93. The fraction of sp³-hybridized carbons (Fsp3) is 0.250. The van der Waals surface area contributed by atoms with E-state index in [1.54, 1.807) is 0 Å². The number of methoxy groups -OCH3 is 1. The number of rotatable bonds is 6. The monoisotopic (exact) mass is 562 g/mol. The van der Waals surface area contributed by atoms with Crippen molar-refractivity contribution in [2.24, 2.45) is 0 Å². The highest BCUT2D eigenvalue weighted by molar-refractivity contribution is 7.87. The first-order valence-corrected chi connectivity index (χ1v) is 13.2. The number of alkyl halides is 3. The van der Waals surface area contributed by atoms with Crippen LogP contribution in [0.1, 0.15) is 38.3 Å². The molecule has 1 heterocycles. The molecule has 39 heavy (non-hydrogen) atoms. The van der Waals surface area contributed by atoms with Gasteiger partial charge < -0.3 is 13.7 Å². The van der Waals surface area contributed by atoms with Crippen LogP contribution in [0.5, 0.6) is 5.75 Å². The van der Waals surface area contributed by atoms with E-state index in [9.17, 15) is 26.4 Å². The molecule has 3 aromatic rings. The molecule has 11 heteroatoms. The zero-order valence-electron chi connectivity index (χ0n) is 23.4. The Morgan fingerprint density at radius 1 is 1.00 bits per heavy atom. The van der Waals surface area contributed by atoms with Crippen LogP contribution in [0.4, 0.5) is 18.0 Å². The molecule has 0 aromatic heterocycles. The van der Waals surface area contributed by atoms with Gasteiger partial charge in [0, 0.05) is 12.5 Å². The summed E-state index contributed by atoms with van der Waals surface area (Å²) in [5.74, 6) is -1.13. The minimum absolute atomic E-state index is 0.0892. The number of amides is 1. The number of nitrogens with zero attached hydrogens (tertiary/aromatic N) is 1. The highest BCUT2D eigenvalue weighted by atomic mass is 32.2. The van der Waals surface area contributed by atoms with E-state index >= 15 is 0 Å². The second-order valence-corrected chi connectivity index (χ2v) is 10.6. The van der Waals surface area contributed by atoms with Gasteiger partial charge in [-0.1, -0.05) is 60.7 Å². The number of carbonyl (C=O) groups is 1. The quantitative estimate of drug-likeness (QED) is 0.268. The fourth-order valence-electron chi connectivity index (χ4n) is 5.03. The van der Waals surface area contributed by atoms with Crippen molar-refractivity contribution in [2.75, 3.05) is 20.2 Å². The molecule has 1 aliphatic carbocycles. The van der Waals surface area contributed by atoms with Gasteiger partial charge in [0.15, 0.2) is 0 Å². The fourth-order valence-corrected chi connectivity index (χ4v) is 5.54. The molecule has 2 aliphatic rings. The van der Waals surface area contributed by atoms with Gasteiger partial charge in [0.2, 0.25) is 0 Å². The molecule has 0 fully saturated rings. The Hall–Kier alpha value is -3.99. The Morgan fingerprint density at radius 3 is 2.23 bits per heavy atom. The van der Waals surface area contributed by atoms with Gasteiger partial charge in [-0.2, -0.15) is 21.6 Å². The maximum atomic E-state index is 13.5. The van der Waals surface area contributed by atoms with Crippen LogP contribution in [0.2, 0.25) is 0 Å². The van der Waals surface area contributed by atoms with Gasteiger partial charge in [0.1, 0.15) is 24.2 Å². The molecule has 1 atom stereocenters. The molecule has 3 aromatic carbocycles. The Bertz CT molecular complexity index is 1630. The molecule has 0 bridgehead atoms. The van der Waals surface area contributed by atoms with Gasteiger partial charge in [0.25, 0.3) is 0 Å². The Kier molecular flexibility index (Phi) is 5.86. The average Bonchev–Trinajstić information content (AvgIpc) is 3.46. The summed E-state index contributed by atoms with van der Waals surface area (Å²) < 4.78 is 101. The van der Waals surface area contributed by atoms with Gasteiger partial charge in [0.05, 0.1) is 11.2 Å². The lowest BCUT2D eigenvalue weighted by molar-refractivity contribution is -0.0526. The number of halogens is 3. The smallest absolute Gasteiger partial charge is 0.496 e. The average molecular weight is 563 g/mol. The lowest BCUT2D eigenvalue weighted by atomic mass is 9.98. The largest absolute Gasteiger partial charge is 0.534 e. The summed E-state index contributed by atoms with van der Waals surface area (Å²) in [6.07, 6.45) is 0.0919. The van der Waals surface area contributed by atoms with Crippen molar-refractivity contribution < 1.29 is 44.2 Å². The number of hydrogen-bond acceptors (Lipinski definition) is 6. The molecule has 0 radical (unpaired) electrons. The molecule has 5 rings (SSSR count). The van der Waals surface area contributed by atoms with Gasteiger partial charge in [-0.05, 0) is 52.4 Å². The molecule has 1 aliphatic heterocycles. The van der Waals surface area contributed by atoms with Crippen molar-refractivity contribution in [1.29, 1.82) is 0 Å². The summed E-state index contributed by atoms with van der Waals surface area (Å²) >= 11 is 0. The van der Waals surface area contributed by atoms with Crippen LogP contribution < -0.4 is 4.74 Å². The summed E-state index contributed by atoms with van der Waals surface area (Å²) in [5.41, 5.74) is -1.63. The predicted octanol–water partition coefficient (Wildman–Crippen LogP) is 6.06. The summed E-state index contributed by atoms with van der Waals surface area (Å²) in [5, 5.41) is 0. The number of ether oxygens (including phenoxy) is 2. The van der Waals surface area contributed by atoms with Crippen LogP contribution in [-0.4, -0.2) is 45.1 Å². The van der Waals surface area contributed by atoms with E-state index in [0.717, 1.165) is 33.2 Å². The molecular formula is C28H24F3NO6S. The summed E-state index contributed by atoms with van der Waals surface area (Å²) in [4.78, 5) is 14.5. The van der Waals surface area contributed by atoms with E-state index in [0.29, 0.717) is 0 Å². The summed E-state index contributed by atoms with van der Waals surface area (Å²) in [6, 6.07) is 17.9. The number of fused-ring (bicyclic) bond motifs is 3. The molecule has 204 valence electrons. The highest BCUT2D eigenvalue weighted by Gasteiger charge is 2.51. The molecule has 7 nitrogen and oxygen atoms in total. The maximum Gasteiger partial charge on any atom is 0.534 e. The van der Waals surface area contributed by atoms with Gasteiger partial charge >= 0.3 is 21.7 Å². The van der Waals surface area contributed by atoms with E-state index in [-0.39, 0.29) is 35.9 Å². The van der Waals surface area contributed by atoms with Crippen LogP contribution >= 0.6 is 0 Å². The Labute approximate surface area is 227 Å². The van der Waals surface area contributed by atoms with Crippen molar-refractivity contribution in [3.05, 3.63) is 101 Å². The van der Waals surface area contributed by atoms with Crippen LogP contribution in [0.3, 0.4) is 0 Å². The van der Waals surface area contributed by atoms with E-state index in [1.807, 2.05) is 48.5 Å². The minimum Gasteiger partial charge on any atom is -0.496 e. The van der Waals surface area contributed by atoms with Gasteiger partial charge in [-0.3, -0.25) is 4.90 Å². The second kappa shape index (κ2) is 9.96. The molecular weight excluding hydrogens is 535 g/mol. The zero-order chi connectivity index (χ0) is 30.4. The lowest BCUT2D eigenvalue weighted by Gasteiger charge is -2.28.